The Balaban J connectivity index is 1.78. The van der Waals surface area contributed by atoms with Crippen molar-refractivity contribution in [2.75, 3.05) is 17.1 Å². The van der Waals surface area contributed by atoms with Crippen LogP contribution >= 0.6 is 0 Å². The van der Waals surface area contributed by atoms with E-state index in [1.165, 1.54) is 26.2 Å². The second-order valence-corrected chi connectivity index (χ2v) is 9.07. The average molecular weight is 486 g/mol. The van der Waals surface area contributed by atoms with Gasteiger partial charge in [0.2, 0.25) is 11.8 Å². The first-order valence-electron chi connectivity index (χ1n) is 10.3. The zero-order valence-corrected chi connectivity index (χ0v) is 19.4. The maximum absolute atomic E-state index is 13.2. The quantitative estimate of drug-likeness (QED) is 0.426. The molecule has 1 atom stereocenters. The van der Waals surface area contributed by atoms with Gasteiger partial charge in [0.05, 0.1) is 30.2 Å². The molecule has 0 aliphatic heterocycles. The highest BCUT2D eigenvalue weighted by Crippen LogP contribution is 2.30. The summed E-state index contributed by atoms with van der Waals surface area (Å²) in [4.78, 5) is 24.2. The molecule has 0 spiro atoms. The van der Waals surface area contributed by atoms with E-state index in [-0.39, 0.29) is 34.6 Å². The Morgan fingerprint density at radius 1 is 1.00 bits per heavy atom. The number of hydrogen-bond acceptors (Lipinski definition) is 5. The number of hydrogen-bond donors (Lipinski definition) is 3. The third kappa shape index (κ3) is 6.55. The Kier molecular flexibility index (Phi) is 7.85. The van der Waals surface area contributed by atoms with E-state index in [4.69, 9.17) is 4.74 Å². The summed E-state index contributed by atoms with van der Waals surface area (Å²) >= 11 is 0. The molecule has 0 fully saturated rings. The van der Waals surface area contributed by atoms with Crippen molar-refractivity contribution in [3.63, 3.8) is 0 Å². The van der Waals surface area contributed by atoms with E-state index in [2.05, 4.69) is 15.4 Å². The van der Waals surface area contributed by atoms with Crippen LogP contribution in [0, 0.1) is 5.82 Å². The predicted molar refractivity (Wildman–Crippen MR) is 126 cm³/mol. The number of anilines is 2. The number of halogens is 1. The summed E-state index contributed by atoms with van der Waals surface area (Å²) in [7, 11) is -2.66. The molecule has 34 heavy (non-hydrogen) atoms. The van der Waals surface area contributed by atoms with Gasteiger partial charge in [0, 0.05) is 12.6 Å². The lowest BCUT2D eigenvalue weighted by Gasteiger charge is -2.18. The third-order valence-corrected chi connectivity index (χ3v) is 6.20. The first-order chi connectivity index (χ1) is 16.2. The van der Waals surface area contributed by atoms with Gasteiger partial charge in [-0.3, -0.25) is 14.3 Å². The van der Waals surface area contributed by atoms with E-state index in [1.807, 2.05) is 30.3 Å². The molecule has 0 saturated heterocycles. The SMILES string of the molecule is COc1ccc(NC(=O)C[C@@H](NC(C)=O)c2ccccc2)cc1NS(=O)(=O)c1ccc(F)cc1. The summed E-state index contributed by atoms with van der Waals surface area (Å²) in [6, 6.07) is 17.4. The molecule has 0 unspecified atom stereocenters. The number of sulfonamides is 1. The highest BCUT2D eigenvalue weighted by Gasteiger charge is 2.19. The molecule has 178 valence electrons. The van der Waals surface area contributed by atoms with Crippen LogP contribution in [-0.4, -0.2) is 27.3 Å². The Bertz CT molecular complexity index is 1270. The number of ether oxygens (including phenoxy) is 1. The minimum Gasteiger partial charge on any atom is -0.495 e. The summed E-state index contributed by atoms with van der Waals surface area (Å²) in [5, 5.41) is 5.47. The van der Waals surface area contributed by atoms with Crippen LogP contribution in [0.3, 0.4) is 0 Å². The van der Waals surface area contributed by atoms with E-state index >= 15 is 0 Å². The largest absolute Gasteiger partial charge is 0.495 e. The number of carbonyl (C=O) groups is 2. The Morgan fingerprint density at radius 3 is 2.29 bits per heavy atom. The van der Waals surface area contributed by atoms with Crippen molar-refractivity contribution >= 4 is 33.2 Å². The number of amides is 2. The van der Waals surface area contributed by atoms with Crippen LogP contribution in [0.2, 0.25) is 0 Å². The number of carbonyl (C=O) groups excluding carboxylic acids is 2. The molecule has 8 nitrogen and oxygen atoms in total. The van der Waals surface area contributed by atoms with Crippen molar-refractivity contribution in [1.82, 2.24) is 5.32 Å². The zero-order valence-electron chi connectivity index (χ0n) is 18.5. The molecule has 2 amide bonds. The molecule has 0 saturated carbocycles. The minimum absolute atomic E-state index is 0.0355. The fourth-order valence-electron chi connectivity index (χ4n) is 3.26. The summed E-state index contributed by atoms with van der Waals surface area (Å²) in [6.45, 7) is 1.37. The van der Waals surface area contributed by atoms with Crippen molar-refractivity contribution in [2.45, 2.75) is 24.3 Å². The van der Waals surface area contributed by atoms with E-state index in [0.717, 1.165) is 29.8 Å². The molecule has 0 heterocycles. The molecule has 3 aromatic rings. The lowest BCUT2D eigenvalue weighted by molar-refractivity contribution is -0.120. The minimum atomic E-state index is -4.03. The van der Waals surface area contributed by atoms with Crippen molar-refractivity contribution in [2.24, 2.45) is 0 Å². The zero-order chi connectivity index (χ0) is 24.7. The summed E-state index contributed by atoms with van der Waals surface area (Å²) in [6.07, 6.45) is -0.0355. The van der Waals surface area contributed by atoms with Gasteiger partial charge in [-0.1, -0.05) is 30.3 Å². The van der Waals surface area contributed by atoms with Gasteiger partial charge in [-0.2, -0.15) is 0 Å². The summed E-state index contributed by atoms with van der Waals surface area (Å²) in [5.74, 6) is -0.998. The van der Waals surface area contributed by atoms with Gasteiger partial charge in [-0.15, -0.1) is 0 Å². The Hall–Kier alpha value is -3.92. The van der Waals surface area contributed by atoms with Crippen molar-refractivity contribution < 1.29 is 27.1 Å². The summed E-state index contributed by atoms with van der Waals surface area (Å²) < 4.78 is 46.2. The summed E-state index contributed by atoms with van der Waals surface area (Å²) in [5.41, 5.74) is 1.18. The molecule has 0 aromatic heterocycles. The molecule has 3 aromatic carbocycles. The van der Waals surface area contributed by atoms with Gasteiger partial charge >= 0.3 is 0 Å². The van der Waals surface area contributed by atoms with Gasteiger partial charge in [-0.25, -0.2) is 12.8 Å². The third-order valence-electron chi connectivity index (χ3n) is 4.82. The molecule has 0 aliphatic carbocycles. The number of benzene rings is 3. The van der Waals surface area contributed by atoms with Crippen LogP contribution in [0.1, 0.15) is 24.9 Å². The molecule has 3 N–H and O–H groups in total. The molecule has 0 aliphatic rings. The highest BCUT2D eigenvalue weighted by molar-refractivity contribution is 7.92. The van der Waals surface area contributed by atoms with Crippen LogP contribution in [-0.2, 0) is 19.6 Å². The van der Waals surface area contributed by atoms with Gasteiger partial charge in [0.15, 0.2) is 0 Å². The lowest BCUT2D eigenvalue weighted by atomic mass is 10.0. The molecule has 0 radical (unpaired) electrons. The van der Waals surface area contributed by atoms with Crippen molar-refractivity contribution in [3.05, 3.63) is 84.2 Å². The molecule has 0 bridgehead atoms. The van der Waals surface area contributed by atoms with Gasteiger partial charge in [0.25, 0.3) is 10.0 Å². The van der Waals surface area contributed by atoms with Gasteiger partial charge < -0.3 is 15.4 Å². The molecule has 10 heteroatoms. The predicted octanol–water partition coefficient (Wildman–Crippen LogP) is 3.84. The second-order valence-electron chi connectivity index (χ2n) is 7.39. The van der Waals surface area contributed by atoms with Crippen molar-refractivity contribution in [1.29, 1.82) is 0 Å². The smallest absolute Gasteiger partial charge is 0.262 e. The Labute approximate surface area is 197 Å². The van der Waals surface area contributed by atoms with Crippen LogP contribution in [0.5, 0.6) is 5.75 Å². The van der Waals surface area contributed by atoms with E-state index in [0.29, 0.717) is 5.69 Å². The normalized spacial score (nSPS) is 11.9. The molecule has 3 rings (SSSR count). The maximum atomic E-state index is 13.2. The number of nitrogens with one attached hydrogen (secondary N) is 3. The van der Waals surface area contributed by atoms with Crippen LogP contribution < -0.4 is 20.1 Å². The maximum Gasteiger partial charge on any atom is 0.262 e. The van der Waals surface area contributed by atoms with E-state index < -0.39 is 21.9 Å². The first-order valence-corrected chi connectivity index (χ1v) is 11.7. The lowest BCUT2D eigenvalue weighted by Crippen LogP contribution is -2.29. The standard InChI is InChI=1S/C24H24FN3O5S/c1-16(29)26-21(17-6-4-3-5-7-17)15-24(30)27-19-10-13-23(33-2)22(14-19)28-34(31,32)20-11-8-18(25)9-12-20/h3-14,21,28H,15H2,1-2H3,(H,26,29)(H,27,30)/t21-/m1/s1. The Morgan fingerprint density at radius 2 is 1.68 bits per heavy atom. The van der Waals surface area contributed by atoms with Crippen LogP contribution in [0.25, 0.3) is 0 Å². The van der Waals surface area contributed by atoms with Crippen LogP contribution in [0.4, 0.5) is 15.8 Å². The second kappa shape index (κ2) is 10.8. The van der Waals surface area contributed by atoms with Gasteiger partial charge in [-0.05, 0) is 48.0 Å². The van der Waals surface area contributed by atoms with Crippen LogP contribution in [0.15, 0.2) is 77.7 Å². The fourth-order valence-corrected chi connectivity index (χ4v) is 4.32. The van der Waals surface area contributed by atoms with Gasteiger partial charge in [0.1, 0.15) is 11.6 Å². The highest BCUT2D eigenvalue weighted by atomic mass is 32.2. The first kappa shape index (κ1) is 24.7. The topological polar surface area (TPSA) is 114 Å². The number of methoxy groups -OCH3 is 1. The monoisotopic (exact) mass is 485 g/mol. The van der Waals surface area contributed by atoms with Crippen molar-refractivity contribution in [3.8, 4) is 5.75 Å². The van der Waals surface area contributed by atoms with E-state index in [9.17, 15) is 22.4 Å². The molecular weight excluding hydrogens is 461 g/mol. The fraction of sp³-hybridized carbons (Fsp3) is 0.167. The molecular formula is C24H24FN3O5S. The average Bonchev–Trinajstić information content (AvgIpc) is 2.79. The number of rotatable bonds is 9. The van der Waals surface area contributed by atoms with E-state index in [1.54, 1.807) is 6.07 Å².